The van der Waals surface area contributed by atoms with Crippen molar-refractivity contribution in [2.75, 3.05) is 0 Å². The molecule has 0 unspecified atom stereocenters. The van der Waals surface area contributed by atoms with E-state index in [9.17, 15) is 4.79 Å². The van der Waals surface area contributed by atoms with E-state index in [1.807, 2.05) is 4.52 Å². The van der Waals surface area contributed by atoms with Gasteiger partial charge in [0.05, 0.1) is 5.52 Å². The van der Waals surface area contributed by atoms with Gasteiger partial charge in [0, 0.05) is 29.5 Å². The van der Waals surface area contributed by atoms with E-state index in [2.05, 4.69) is 51.6 Å². The Kier molecular flexibility index (Phi) is 4.06. The van der Waals surface area contributed by atoms with E-state index >= 15 is 0 Å². The standard InChI is InChI=1S/C21H25N5O/c1-14-7-10-19-16(11-14)12-17(20-22-23-24-26(19)20)13-25(21(27)15-8-9-15)18-5-3-2-4-6-18/h7,10-12,15,18H,2-6,8-9,13H2,1H3. The van der Waals surface area contributed by atoms with Crippen LogP contribution in [0.5, 0.6) is 0 Å². The first-order chi connectivity index (χ1) is 13.2. The number of carbonyl (C=O) groups excluding carboxylic acids is 1. The zero-order valence-corrected chi connectivity index (χ0v) is 15.8. The summed E-state index contributed by atoms with van der Waals surface area (Å²) in [6, 6.07) is 8.83. The Balaban J connectivity index is 1.57. The van der Waals surface area contributed by atoms with Gasteiger partial charge in [-0.2, -0.15) is 4.52 Å². The second-order valence-electron chi connectivity index (χ2n) is 8.18. The number of hydrogen-bond donors (Lipinski definition) is 0. The summed E-state index contributed by atoms with van der Waals surface area (Å²) in [5.74, 6) is 0.568. The van der Waals surface area contributed by atoms with Crippen LogP contribution in [0.15, 0.2) is 24.3 Å². The zero-order chi connectivity index (χ0) is 18.4. The van der Waals surface area contributed by atoms with Crippen molar-refractivity contribution < 1.29 is 4.79 Å². The van der Waals surface area contributed by atoms with Crippen molar-refractivity contribution in [1.82, 2.24) is 24.9 Å². The lowest BCUT2D eigenvalue weighted by atomic mass is 9.93. The lowest BCUT2D eigenvalue weighted by Crippen LogP contribution is -2.41. The van der Waals surface area contributed by atoms with Crippen LogP contribution in [-0.4, -0.2) is 36.9 Å². The summed E-state index contributed by atoms with van der Waals surface area (Å²) in [5, 5.41) is 13.5. The van der Waals surface area contributed by atoms with Crippen molar-refractivity contribution in [3.63, 3.8) is 0 Å². The lowest BCUT2D eigenvalue weighted by Gasteiger charge is -2.34. The molecule has 0 saturated heterocycles. The van der Waals surface area contributed by atoms with Gasteiger partial charge in [-0.3, -0.25) is 4.79 Å². The van der Waals surface area contributed by atoms with E-state index < -0.39 is 0 Å². The van der Waals surface area contributed by atoms with Crippen LogP contribution in [0.4, 0.5) is 0 Å². The van der Waals surface area contributed by atoms with Crippen LogP contribution in [0.3, 0.4) is 0 Å². The van der Waals surface area contributed by atoms with Gasteiger partial charge < -0.3 is 4.90 Å². The van der Waals surface area contributed by atoms with Gasteiger partial charge in [0.2, 0.25) is 5.91 Å². The van der Waals surface area contributed by atoms with Gasteiger partial charge in [0.25, 0.3) is 0 Å². The van der Waals surface area contributed by atoms with Crippen LogP contribution in [0, 0.1) is 12.8 Å². The van der Waals surface area contributed by atoms with E-state index in [1.165, 1.54) is 24.8 Å². The average Bonchev–Trinajstić information content (AvgIpc) is 3.42. The molecule has 0 bridgehead atoms. The largest absolute Gasteiger partial charge is 0.335 e. The molecular formula is C21H25N5O. The topological polar surface area (TPSA) is 63.4 Å². The molecule has 0 N–H and O–H groups in total. The molecule has 1 amide bonds. The highest BCUT2D eigenvalue weighted by Crippen LogP contribution is 2.35. The van der Waals surface area contributed by atoms with Crippen molar-refractivity contribution in [3.05, 3.63) is 35.4 Å². The van der Waals surface area contributed by atoms with Crippen LogP contribution in [0.1, 0.15) is 56.1 Å². The number of hydrogen-bond acceptors (Lipinski definition) is 4. The minimum Gasteiger partial charge on any atom is -0.335 e. The molecular weight excluding hydrogens is 338 g/mol. The summed E-state index contributed by atoms with van der Waals surface area (Å²) < 4.78 is 1.81. The van der Waals surface area contributed by atoms with Gasteiger partial charge in [-0.25, -0.2) is 0 Å². The number of benzene rings is 1. The monoisotopic (exact) mass is 363 g/mol. The van der Waals surface area contributed by atoms with Crippen molar-refractivity contribution in [2.45, 2.75) is 64.5 Å². The smallest absolute Gasteiger partial charge is 0.226 e. The summed E-state index contributed by atoms with van der Waals surface area (Å²) in [6.07, 6.45) is 8.05. The molecule has 2 heterocycles. The van der Waals surface area contributed by atoms with Gasteiger partial charge >= 0.3 is 0 Å². The van der Waals surface area contributed by atoms with Crippen molar-refractivity contribution in [1.29, 1.82) is 0 Å². The molecule has 3 aromatic rings. The lowest BCUT2D eigenvalue weighted by molar-refractivity contribution is -0.136. The zero-order valence-electron chi connectivity index (χ0n) is 15.8. The van der Waals surface area contributed by atoms with Crippen molar-refractivity contribution in [2.24, 2.45) is 5.92 Å². The fraction of sp³-hybridized carbons (Fsp3) is 0.524. The maximum Gasteiger partial charge on any atom is 0.226 e. The Labute approximate surface area is 158 Å². The highest BCUT2D eigenvalue weighted by atomic mass is 16.2. The molecule has 0 atom stereocenters. The number of aryl methyl sites for hydroxylation is 1. The van der Waals surface area contributed by atoms with E-state index in [4.69, 9.17) is 0 Å². The molecule has 0 radical (unpaired) electrons. The summed E-state index contributed by atoms with van der Waals surface area (Å²) >= 11 is 0. The Hall–Kier alpha value is -2.50. The van der Waals surface area contributed by atoms with Gasteiger partial charge in [-0.05, 0) is 61.2 Å². The molecule has 6 nitrogen and oxygen atoms in total. The number of amides is 1. The predicted octanol–water partition coefficient (Wildman–Crippen LogP) is 3.66. The highest BCUT2D eigenvalue weighted by molar-refractivity contribution is 5.85. The maximum absolute atomic E-state index is 13.1. The maximum atomic E-state index is 13.1. The van der Waals surface area contributed by atoms with Crippen LogP contribution >= 0.6 is 0 Å². The fourth-order valence-corrected chi connectivity index (χ4v) is 4.43. The molecule has 2 saturated carbocycles. The fourth-order valence-electron chi connectivity index (χ4n) is 4.43. The first-order valence-electron chi connectivity index (χ1n) is 10.1. The van der Waals surface area contributed by atoms with Crippen LogP contribution in [0.2, 0.25) is 0 Å². The Morgan fingerprint density at radius 1 is 1.15 bits per heavy atom. The minimum absolute atomic E-state index is 0.238. The Morgan fingerprint density at radius 3 is 2.74 bits per heavy atom. The third-order valence-electron chi connectivity index (χ3n) is 6.06. The van der Waals surface area contributed by atoms with Crippen LogP contribution in [0.25, 0.3) is 16.6 Å². The number of tetrazole rings is 1. The molecule has 27 heavy (non-hydrogen) atoms. The van der Waals surface area contributed by atoms with Gasteiger partial charge in [0.1, 0.15) is 0 Å². The number of fused-ring (bicyclic) bond motifs is 3. The molecule has 2 fully saturated rings. The summed E-state index contributed by atoms with van der Waals surface area (Å²) in [5.41, 5.74) is 4.01. The average molecular weight is 363 g/mol. The molecule has 5 rings (SSSR count). The summed E-state index contributed by atoms with van der Waals surface area (Å²) in [7, 11) is 0. The van der Waals surface area contributed by atoms with Crippen molar-refractivity contribution in [3.8, 4) is 0 Å². The SMILES string of the molecule is Cc1ccc2c(c1)cc(CN(C(=O)C1CC1)C1CCCCC1)c1nnnn12. The number of rotatable bonds is 4. The quantitative estimate of drug-likeness (QED) is 0.710. The molecule has 0 spiro atoms. The molecule has 2 aliphatic carbocycles. The first kappa shape index (κ1) is 16.7. The second-order valence-corrected chi connectivity index (χ2v) is 8.18. The summed E-state index contributed by atoms with van der Waals surface area (Å²) in [6.45, 7) is 2.70. The highest BCUT2D eigenvalue weighted by Gasteiger charge is 2.37. The Morgan fingerprint density at radius 2 is 1.96 bits per heavy atom. The Bertz CT molecular complexity index is 1000. The van der Waals surface area contributed by atoms with Gasteiger partial charge in [0.15, 0.2) is 5.65 Å². The molecule has 6 heteroatoms. The normalized spacial score (nSPS) is 18.3. The molecule has 140 valence electrons. The molecule has 2 aliphatic rings. The molecule has 1 aromatic carbocycles. The molecule has 2 aromatic heterocycles. The summed E-state index contributed by atoms with van der Waals surface area (Å²) in [4.78, 5) is 15.2. The number of aromatic nitrogens is 4. The number of carbonyl (C=O) groups is 1. The van der Waals surface area contributed by atoms with E-state index in [-0.39, 0.29) is 5.92 Å². The van der Waals surface area contributed by atoms with E-state index in [0.717, 1.165) is 47.8 Å². The van der Waals surface area contributed by atoms with Gasteiger partial charge in [-0.1, -0.05) is 30.9 Å². The van der Waals surface area contributed by atoms with Crippen molar-refractivity contribution >= 4 is 22.5 Å². The van der Waals surface area contributed by atoms with Crippen LogP contribution in [-0.2, 0) is 11.3 Å². The third-order valence-corrected chi connectivity index (χ3v) is 6.06. The number of pyridine rings is 1. The first-order valence-corrected chi connectivity index (χ1v) is 10.1. The molecule has 0 aliphatic heterocycles. The second kappa shape index (κ2) is 6.59. The number of nitrogens with zero attached hydrogens (tertiary/aromatic N) is 5. The van der Waals surface area contributed by atoms with E-state index in [0.29, 0.717) is 18.5 Å². The minimum atomic E-state index is 0.238. The predicted molar refractivity (Wildman–Crippen MR) is 103 cm³/mol. The van der Waals surface area contributed by atoms with E-state index in [1.54, 1.807) is 0 Å². The third kappa shape index (κ3) is 3.07. The van der Waals surface area contributed by atoms with Gasteiger partial charge in [-0.15, -0.1) is 5.10 Å². The van der Waals surface area contributed by atoms with Crippen LogP contribution < -0.4 is 0 Å².